The highest BCUT2D eigenvalue weighted by Crippen LogP contribution is 2.31. The molecule has 1 saturated heterocycles. The number of carbonyl (C=O) groups excluding carboxylic acids is 1. The molecule has 2 heterocycles. The maximum atomic E-state index is 14.3. The van der Waals surface area contributed by atoms with Gasteiger partial charge in [-0.25, -0.2) is 21.6 Å². The van der Waals surface area contributed by atoms with Crippen molar-refractivity contribution < 1.29 is 26.4 Å². The van der Waals surface area contributed by atoms with Crippen LogP contribution >= 0.6 is 0 Å². The van der Waals surface area contributed by atoms with Crippen LogP contribution in [0.2, 0.25) is 0 Å². The Labute approximate surface area is 178 Å². The molecular formula is C21H22F3N3O3S. The average Bonchev–Trinajstić information content (AvgIpc) is 2.73. The molecule has 2 aromatic rings. The fourth-order valence-electron chi connectivity index (χ4n) is 4.13. The first-order chi connectivity index (χ1) is 14.8. The number of anilines is 1. The SMILES string of the molecule is O=C(CN1CCCc2cc(F)cc(F)c21)N1CCN(S(=O)(=O)c2ccccc2F)CC1. The lowest BCUT2D eigenvalue weighted by atomic mass is 10.0. The summed E-state index contributed by atoms with van der Waals surface area (Å²) in [4.78, 5) is 15.5. The van der Waals surface area contributed by atoms with Crippen LogP contribution in [0.5, 0.6) is 0 Å². The van der Waals surface area contributed by atoms with Crippen LogP contribution in [0.1, 0.15) is 12.0 Å². The smallest absolute Gasteiger partial charge is 0.246 e. The normalized spacial score (nSPS) is 17.5. The van der Waals surface area contributed by atoms with Gasteiger partial charge < -0.3 is 9.80 Å². The monoisotopic (exact) mass is 453 g/mol. The number of hydrogen-bond donors (Lipinski definition) is 0. The number of hydrogen-bond acceptors (Lipinski definition) is 4. The third-order valence-corrected chi connectivity index (χ3v) is 7.60. The van der Waals surface area contributed by atoms with Gasteiger partial charge in [-0.15, -0.1) is 0 Å². The zero-order valence-corrected chi connectivity index (χ0v) is 17.5. The molecule has 10 heteroatoms. The highest BCUT2D eigenvalue weighted by atomic mass is 32.2. The lowest BCUT2D eigenvalue weighted by Gasteiger charge is -2.37. The number of amides is 1. The first-order valence-electron chi connectivity index (χ1n) is 10.0. The van der Waals surface area contributed by atoms with Gasteiger partial charge in [0.2, 0.25) is 15.9 Å². The van der Waals surface area contributed by atoms with Crippen molar-refractivity contribution in [1.29, 1.82) is 0 Å². The Morgan fingerprint density at radius 1 is 0.935 bits per heavy atom. The molecule has 0 unspecified atom stereocenters. The molecule has 31 heavy (non-hydrogen) atoms. The van der Waals surface area contributed by atoms with E-state index >= 15 is 0 Å². The second kappa shape index (κ2) is 8.51. The van der Waals surface area contributed by atoms with E-state index in [1.807, 2.05) is 0 Å². The van der Waals surface area contributed by atoms with Crippen LogP contribution in [0.3, 0.4) is 0 Å². The molecule has 0 atom stereocenters. The molecule has 0 spiro atoms. The second-order valence-corrected chi connectivity index (χ2v) is 9.54. The molecule has 0 saturated carbocycles. The highest BCUT2D eigenvalue weighted by molar-refractivity contribution is 7.89. The van der Waals surface area contributed by atoms with Crippen LogP contribution in [-0.4, -0.2) is 62.8 Å². The number of carbonyl (C=O) groups is 1. The molecule has 2 aliphatic rings. The largest absolute Gasteiger partial charge is 0.360 e. The summed E-state index contributed by atoms with van der Waals surface area (Å²) in [5.41, 5.74) is 0.791. The van der Waals surface area contributed by atoms with Crippen molar-refractivity contribution in [1.82, 2.24) is 9.21 Å². The number of fused-ring (bicyclic) bond motifs is 1. The van der Waals surface area contributed by atoms with E-state index in [1.54, 1.807) is 4.90 Å². The molecule has 0 radical (unpaired) electrons. The van der Waals surface area contributed by atoms with E-state index in [0.29, 0.717) is 24.9 Å². The van der Waals surface area contributed by atoms with Crippen molar-refractivity contribution in [3.8, 4) is 0 Å². The van der Waals surface area contributed by atoms with Gasteiger partial charge in [0.1, 0.15) is 22.3 Å². The third kappa shape index (κ3) is 4.27. The number of aryl methyl sites for hydroxylation is 1. The zero-order chi connectivity index (χ0) is 22.2. The molecule has 1 amide bonds. The van der Waals surface area contributed by atoms with E-state index < -0.39 is 27.5 Å². The highest BCUT2D eigenvalue weighted by Gasteiger charge is 2.33. The maximum absolute atomic E-state index is 14.3. The number of benzene rings is 2. The van der Waals surface area contributed by atoms with Gasteiger partial charge in [0.25, 0.3) is 0 Å². The number of sulfonamides is 1. The van der Waals surface area contributed by atoms with E-state index in [4.69, 9.17) is 0 Å². The Kier molecular flexibility index (Phi) is 5.94. The summed E-state index contributed by atoms with van der Waals surface area (Å²) in [6.07, 6.45) is 1.22. The summed E-state index contributed by atoms with van der Waals surface area (Å²) >= 11 is 0. The van der Waals surface area contributed by atoms with E-state index in [0.717, 1.165) is 16.4 Å². The molecule has 0 aromatic heterocycles. The van der Waals surface area contributed by atoms with Crippen molar-refractivity contribution in [2.24, 2.45) is 0 Å². The van der Waals surface area contributed by atoms with Crippen LogP contribution < -0.4 is 4.90 Å². The number of rotatable bonds is 4. The lowest BCUT2D eigenvalue weighted by Crippen LogP contribution is -2.53. The Hall–Kier alpha value is -2.59. The lowest BCUT2D eigenvalue weighted by molar-refractivity contribution is -0.130. The summed E-state index contributed by atoms with van der Waals surface area (Å²) < 4.78 is 68.4. The molecule has 4 rings (SSSR count). The van der Waals surface area contributed by atoms with Crippen molar-refractivity contribution in [2.75, 3.05) is 44.2 Å². The van der Waals surface area contributed by atoms with Gasteiger partial charge in [0.15, 0.2) is 0 Å². The van der Waals surface area contributed by atoms with Gasteiger partial charge in [-0.3, -0.25) is 4.79 Å². The molecule has 2 aliphatic heterocycles. The predicted octanol–water partition coefficient (Wildman–Crippen LogP) is 2.39. The summed E-state index contributed by atoms with van der Waals surface area (Å²) in [6, 6.07) is 7.29. The maximum Gasteiger partial charge on any atom is 0.246 e. The first kappa shape index (κ1) is 21.6. The molecule has 2 aromatic carbocycles. The zero-order valence-electron chi connectivity index (χ0n) is 16.7. The van der Waals surface area contributed by atoms with Crippen molar-refractivity contribution in [2.45, 2.75) is 17.7 Å². The Bertz CT molecular complexity index is 1100. The fraction of sp³-hybridized carbons (Fsp3) is 0.381. The van der Waals surface area contributed by atoms with Crippen LogP contribution in [0, 0.1) is 17.5 Å². The van der Waals surface area contributed by atoms with E-state index in [1.165, 1.54) is 29.2 Å². The molecule has 0 N–H and O–H groups in total. The minimum atomic E-state index is -3.99. The molecule has 6 nitrogen and oxygen atoms in total. The standard InChI is InChI=1S/C21H22F3N3O3S/c22-16-12-15-4-3-7-26(21(15)18(24)13-16)14-20(28)25-8-10-27(11-9-25)31(29,30)19-6-2-1-5-17(19)23/h1-2,5-6,12-13H,3-4,7-11,14H2. The minimum Gasteiger partial charge on any atom is -0.360 e. The van der Waals surface area contributed by atoms with Gasteiger partial charge >= 0.3 is 0 Å². The summed E-state index contributed by atoms with van der Waals surface area (Å²) in [5.74, 6) is -2.41. The topological polar surface area (TPSA) is 60.9 Å². The summed E-state index contributed by atoms with van der Waals surface area (Å²) in [6.45, 7) is 0.786. The van der Waals surface area contributed by atoms with Crippen LogP contribution in [0.4, 0.5) is 18.9 Å². The van der Waals surface area contributed by atoms with Crippen molar-refractivity contribution in [3.05, 3.63) is 59.4 Å². The van der Waals surface area contributed by atoms with Gasteiger partial charge in [0.05, 0.1) is 12.2 Å². The molecule has 0 aliphatic carbocycles. The predicted molar refractivity (Wildman–Crippen MR) is 109 cm³/mol. The van der Waals surface area contributed by atoms with Crippen LogP contribution in [0.15, 0.2) is 41.3 Å². The Morgan fingerprint density at radius 3 is 2.35 bits per heavy atom. The average molecular weight is 453 g/mol. The van der Waals surface area contributed by atoms with Crippen molar-refractivity contribution >= 4 is 21.6 Å². The van der Waals surface area contributed by atoms with Gasteiger partial charge in [-0.2, -0.15) is 4.31 Å². The Balaban J connectivity index is 1.42. The van der Waals surface area contributed by atoms with Gasteiger partial charge in [-0.05, 0) is 36.6 Å². The third-order valence-electron chi connectivity index (χ3n) is 5.67. The van der Waals surface area contributed by atoms with Crippen molar-refractivity contribution in [3.63, 3.8) is 0 Å². The second-order valence-electron chi connectivity index (χ2n) is 7.64. The minimum absolute atomic E-state index is 0.0402. The molecule has 166 valence electrons. The molecule has 0 bridgehead atoms. The number of halogens is 3. The quantitative estimate of drug-likeness (QED) is 0.714. The first-order valence-corrected chi connectivity index (χ1v) is 11.5. The Morgan fingerprint density at radius 2 is 1.65 bits per heavy atom. The summed E-state index contributed by atoms with van der Waals surface area (Å²) in [5, 5.41) is 0. The van der Waals surface area contributed by atoms with E-state index in [-0.39, 0.29) is 49.2 Å². The number of nitrogens with zero attached hydrogens (tertiary/aromatic N) is 3. The van der Waals surface area contributed by atoms with Crippen LogP contribution in [-0.2, 0) is 21.2 Å². The fourth-order valence-corrected chi connectivity index (χ4v) is 5.62. The number of piperazine rings is 1. The molecule has 1 fully saturated rings. The summed E-state index contributed by atoms with van der Waals surface area (Å²) in [7, 11) is -3.99. The van der Waals surface area contributed by atoms with E-state index in [2.05, 4.69) is 0 Å². The van der Waals surface area contributed by atoms with Gasteiger partial charge in [-0.1, -0.05) is 12.1 Å². The molecular weight excluding hydrogens is 431 g/mol. The van der Waals surface area contributed by atoms with E-state index in [9.17, 15) is 26.4 Å². The van der Waals surface area contributed by atoms with Gasteiger partial charge in [0, 0.05) is 38.8 Å². The van der Waals surface area contributed by atoms with Crippen LogP contribution in [0.25, 0.3) is 0 Å².